The second-order valence-corrected chi connectivity index (χ2v) is 6.55. The summed E-state index contributed by atoms with van der Waals surface area (Å²) in [5, 5.41) is 3.82. The number of aromatic nitrogens is 1. The fourth-order valence-electron chi connectivity index (χ4n) is 2.08. The third kappa shape index (κ3) is 2.01. The van der Waals surface area contributed by atoms with Crippen LogP contribution in [0.5, 0.6) is 0 Å². The summed E-state index contributed by atoms with van der Waals surface area (Å²) in [5.41, 5.74) is 1.13. The van der Waals surface area contributed by atoms with Gasteiger partial charge in [-0.25, -0.2) is 0 Å². The van der Waals surface area contributed by atoms with Crippen LogP contribution >= 0.6 is 0 Å². The molecule has 0 atom stereocenters. The van der Waals surface area contributed by atoms with E-state index in [9.17, 15) is 0 Å². The first-order valence-corrected chi connectivity index (χ1v) is 8.23. The summed E-state index contributed by atoms with van der Waals surface area (Å²) in [4.78, 5) is 4.57. The molecule has 1 nitrogen and oxygen atoms in total. The van der Waals surface area contributed by atoms with Gasteiger partial charge in [0.15, 0.2) is 0 Å². The maximum absolute atomic E-state index is 4.57. The van der Waals surface area contributed by atoms with Crippen LogP contribution in [-0.4, -0.2) is 4.98 Å². The van der Waals surface area contributed by atoms with Gasteiger partial charge in [-0.05, 0) is 0 Å². The zero-order valence-corrected chi connectivity index (χ0v) is 12.3. The molecule has 0 saturated carbocycles. The van der Waals surface area contributed by atoms with E-state index < -0.39 is 0 Å². The number of benzene rings is 2. The normalized spacial score (nSPS) is 11.8. The van der Waals surface area contributed by atoms with Crippen LogP contribution in [0, 0.1) is 3.57 Å². The second kappa shape index (κ2) is 5.06. The van der Waals surface area contributed by atoms with Gasteiger partial charge >= 0.3 is 117 Å². The quantitative estimate of drug-likeness (QED) is 0.502. The number of allylic oxidation sites excluding steroid dienone is 1. The number of hydrogen-bond acceptors (Lipinski definition) is 1. The molecule has 0 bridgehead atoms. The van der Waals surface area contributed by atoms with Crippen molar-refractivity contribution < 1.29 is 21.2 Å². The third-order valence-electron chi connectivity index (χ3n) is 2.89. The van der Waals surface area contributed by atoms with Crippen LogP contribution in [-0.2, 0) is 0 Å². The Kier molecular flexibility index (Phi) is 3.28. The molecule has 0 radical (unpaired) electrons. The Morgan fingerprint density at radius 3 is 2.78 bits per heavy atom. The Morgan fingerprint density at radius 2 is 1.89 bits per heavy atom. The number of halogens is 1. The molecule has 0 amide bonds. The molecule has 1 heterocycles. The summed E-state index contributed by atoms with van der Waals surface area (Å²) >= 11 is -0.0526. The van der Waals surface area contributed by atoms with Crippen LogP contribution in [0.3, 0.4) is 0 Å². The van der Waals surface area contributed by atoms with Crippen molar-refractivity contribution >= 4 is 21.7 Å². The van der Waals surface area contributed by atoms with Gasteiger partial charge in [0.1, 0.15) is 0 Å². The van der Waals surface area contributed by atoms with Gasteiger partial charge in [0.2, 0.25) is 0 Å². The molecule has 0 spiro atoms. The van der Waals surface area contributed by atoms with Crippen molar-refractivity contribution in [2.24, 2.45) is 0 Å². The Labute approximate surface area is 117 Å². The summed E-state index contributed by atoms with van der Waals surface area (Å²) in [6.07, 6.45) is 4.08. The zero-order valence-electron chi connectivity index (χ0n) is 10.1. The molecule has 1 aromatic heterocycles. The van der Waals surface area contributed by atoms with Crippen molar-refractivity contribution in [3.63, 3.8) is 0 Å². The SMILES string of the molecule is C/C=C/[I-]c1ccnc2c1ccc1ccccc12. The summed E-state index contributed by atoms with van der Waals surface area (Å²) in [5.74, 6) is 0. The first kappa shape index (κ1) is 11.7. The van der Waals surface area contributed by atoms with Crippen LogP contribution in [0.25, 0.3) is 21.7 Å². The maximum atomic E-state index is 4.57. The topological polar surface area (TPSA) is 12.9 Å². The van der Waals surface area contributed by atoms with Gasteiger partial charge in [0.05, 0.1) is 0 Å². The van der Waals surface area contributed by atoms with Crippen molar-refractivity contribution in [2.45, 2.75) is 6.92 Å². The number of rotatable bonds is 2. The number of pyridine rings is 1. The Balaban J connectivity index is 2.32. The molecule has 18 heavy (non-hydrogen) atoms. The minimum atomic E-state index is -0.0526. The van der Waals surface area contributed by atoms with Gasteiger partial charge < -0.3 is 0 Å². The molecule has 0 aliphatic carbocycles. The predicted molar refractivity (Wildman–Crippen MR) is 72.8 cm³/mol. The van der Waals surface area contributed by atoms with E-state index in [2.05, 4.69) is 64.5 Å². The molecular formula is C16H13IN-. The molecular weight excluding hydrogens is 333 g/mol. The van der Waals surface area contributed by atoms with Crippen LogP contribution in [0.2, 0.25) is 0 Å². The monoisotopic (exact) mass is 346 g/mol. The van der Waals surface area contributed by atoms with Crippen molar-refractivity contribution in [3.8, 4) is 0 Å². The third-order valence-corrected chi connectivity index (χ3v) is 5.58. The van der Waals surface area contributed by atoms with E-state index in [0.29, 0.717) is 0 Å². The van der Waals surface area contributed by atoms with Crippen LogP contribution in [0.15, 0.2) is 58.8 Å². The summed E-state index contributed by atoms with van der Waals surface area (Å²) in [7, 11) is 0. The standard InChI is InChI=1S/C16H13IN/c1-2-10-17-15-9-11-18-16-13-6-4-3-5-12(13)7-8-14(15)16/h2-11H,1H3/q-1/b10-2+. The van der Waals surface area contributed by atoms with E-state index in [1.54, 1.807) is 0 Å². The Hall–Kier alpha value is -1.42. The average Bonchev–Trinajstić information content (AvgIpc) is 2.44. The van der Waals surface area contributed by atoms with Gasteiger partial charge in [0.25, 0.3) is 0 Å². The molecule has 3 rings (SSSR count). The summed E-state index contributed by atoms with van der Waals surface area (Å²) in [6.45, 7) is 2.08. The number of nitrogens with zero attached hydrogens (tertiary/aromatic N) is 1. The first-order valence-electron chi connectivity index (χ1n) is 5.91. The van der Waals surface area contributed by atoms with E-state index in [1.807, 2.05) is 6.20 Å². The molecule has 2 heteroatoms. The summed E-state index contributed by atoms with van der Waals surface area (Å²) in [6, 6.07) is 15.0. The van der Waals surface area contributed by atoms with Crippen molar-refractivity contribution in [1.82, 2.24) is 4.98 Å². The van der Waals surface area contributed by atoms with E-state index >= 15 is 0 Å². The van der Waals surface area contributed by atoms with Crippen LogP contribution in [0.1, 0.15) is 6.92 Å². The van der Waals surface area contributed by atoms with E-state index in [1.165, 1.54) is 19.7 Å². The first-order chi connectivity index (χ1) is 8.90. The summed E-state index contributed by atoms with van der Waals surface area (Å²) < 4.78 is 3.74. The van der Waals surface area contributed by atoms with Crippen LogP contribution < -0.4 is 21.2 Å². The van der Waals surface area contributed by atoms with Gasteiger partial charge in [-0.3, -0.25) is 0 Å². The molecule has 0 N–H and O–H groups in total. The fraction of sp³-hybridized carbons (Fsp3) is 0.0625. The molecule has 3 aromatic rings. The molecule has 0 aliphatic heterocycles. The predicted octanol–water partition coefficient (Wildman–Crippen LogP) is 1.18. The number of hydrogen-bond donors (Lipinski definition) is 0. The average molecular weight is 346 g/mol. The van der Waals surface area contributed by atoms with Crippen LogP contribution in [0.4, 0.5) is 0 Å². The molecule has 0 saturated heterocycles. The fourth-order valence-corrected chi connectivity index (χ4v) is 3.97. The number of fused-ring (bicyclic) bond motifs is 3. The van der Waals surface area contributed by atoms with Crippen molar-refractivity contribution in [3.05, 3.63) is 62.4 Å². The minimum absolute atomic E-state index is 0.0526. The molecule has 0 aliphatic rings. The molecule has 2 aromatic carbocycles. The molecule has 0 fully saturated rings. The molecule has 90 valence electrons. The van der Waals surface area contributed by atoms with Gasteiger partial charge in [0, 0.05) is 0 Å². The zero-order chi connectivity index (χ0) is 12.4. The van der Waals surface area contributed by atoms with Crippen molar-refractivity contribution in [1.29, 1.82) is 0 Å². The van der Waals surface area contributed by atoms with Gasteiger partial charge in [-0.15, -0.1) is 0 Å². The van der Waals surface area contributed by atoms with Crippen molar-refractivity contribution in [2.75, 3.05) is 0 Å². The molecule has 0 unspecified atom stereocenters. The van der Waals surface area contributed by atoms with Gasteiger partial charge in [-0.1, -0.05) is 0 Å². The van der Waals surface area contributed by atoms with Gasteiger partial charge in [-0.2, -0.15) is 0 Å². The van der Waals surface area contributed by atoms with E-state index in [4.69, 9.17) is 0 Å². The van der Waals surface area contributed by atoms with E-state index in [-0.39, 0.29) is 21.2 Å². The Morgan fingerprint density at radius 1 is 1.00 bits per heavy atom. The second-order valence-electron chi connectivity index (χ2n) is 4.04. The van der Waals surface area contributed by atoms with E-state index in [0.717, 1.165) is 5.52 Å². The Bertz CT molecular complexity index is 731.